The van der Waals surface area contributed by atoms with Gasteiger partial charge in [0, 0.05) is 39.4 Å². The smallest absolute Gasteiger partial charge is 0.240 e. The van der Waals surface area contributed by atoms with E-state index in [4.69, 9.17) is 15.2 Å². The second kappa shape index (κ2) is 8.07. The molecule has 2 heterocycles. The number of hydrogen-bond acceptors (Lipinski definition) is 5. The Morgan fingerprint density at radius 1 is 1.04 bits per heavy atom. The van der Waals surface area contributed by atoms with Crippen LogP contribution in [0, 0.1) is 0 Å². The molecule has 0 spiro atoms. The Morgan fingerprint density at radius 3 is 2.29 bits per heavy atom. The van der Waals surface area contributed by atoms with Gasteiger partial charge in [-0.3, -0.25) is 9.69 Å². The summed E-state index contributed by atoms with van der Waals surface area (Å²) in [4.78, 5) is 14.7. The number of ether oxygens (including phenoxy) is 2. The molecule has 2 fully saturated rings. The maximum absolute atomic E-state index is 12.3. The standard InChI is InChI=1S/C18H27N3O3/c19-18(5-9-23-10-6-18)17(22)20-13-15-1-3-16(4-2-15)14-21-7-11-24-12-8-21/h1-4H,5-14,19H2,(H,20,22). The molecule has 0 unspecified atom stereocenters. The molecule has 1 aromatic carbocycles. The van der Waals surface area contributed by atoms with E-state index < -0.39 is 5.54 Å². The van der Waals surface area contributed by atoms with Crippen molar-refractivity contribution < 1.29 is 14.3 Å². The summed E-state index contributed by atoms with van der Waals surface area (Å²) in [5, 5.41) is 2.96. The SMILES string of the molecule is NC1(C(=O)NCc2ccc(CN3CCOCC3)cc2)CCOCC1. The number of benzene rings is 1. The van der Waals surface area contributed by atoms with Crippen molar-refractivity contribution in [2.24, 2.45) is 5.73 Å². The zero-order valence-corrected chi connectivity index (χ0v) is 14.1. The Balaban J connectivity index is 1.48. The van der Waals surface area contributed by atoms with Gasteiger partial charge in [-0.2, -0.15) is 0 Å². The Labute approximate surface area is 143 Å². The average Bonchev–Trinajstić information content (AvgIpc) is 2.62. The molecular formula is C18H27N3O3. The van der Waals surface area contributed by atoms with Crippen LogP contribution in [0.1, 0.15) is 24.0 Å². The van der Waals surface area contributed by atoms with Crippen LogP contribution in [-0.4, -0.2) is 55.9 Å². The molecule has 132 valence electrons. The highest BCUT2D eigenvalue weighted by Crippen LogP contribution is 2.18. The molecule has 2 aliphatic rings. The minimum Gasteiger partial charge on any atom is -0.381 e. The third-order valence-electron chi connectivity index (χ3n) is 4.82. The van der Waals surface area contributed by atoms with E-state index in [0.717, 1.165) is 38.4 Å². The number of rotatable bonds is 5. The van der Waals surface area contributed by atoms with Gasteiger partial charge < -0.3 is 20.5 Å². The van der Waals surface area contributed by atoms with Gasteiger partial charge in [-0.1, -0.05) is 24.3 Å². The number of amides is 1. The second-order valence-electron chi connectivity index (χ2n) is 6.66. The van der Waals surface area contributed by atoms with Crippen LogP contribution >= 0.6 is 0 Å². The topological polar surface area (TPSA) is 76.8 Å². The van der Waals surface area contributed by atoms with Crippen LogP contribution in [0.15, 0.2) is 24.3 Å². The number of hydrogen-bond donors (Lipinski definition) is 2. The van der Waals surface area contributed by atoms with E-state index in [1.807, 2.05) is 0 Å². The van der Waals surface area contributed by atoms with Crippen molar-refractivity contribution in [3.8, 4) is 0 Å². The fourth-order valence-corrected chi connectivity index (χ4v) is 3.10. The summed E-state index contributed by atoms with van der Waals surface area (Å²) in [6.07, 6.45) is 1.16. The van der Waals surface area contributed by atoms with Gasteiger partial charge in [0.15, 0.2) is 0 Å². The van der Waals surface area contributed by atoms with Gasteiger partial charge in [-0.25, -0.2) is 0 Å². The molecule has 2 aliphatic heterocycles. The van der Waals surface area contributed by atoms with Crippen molar-refractivity contribution >= 4 is 5.91 Å². The van der Waals surface area contributed by atoms with Gasteiger partial charge in [-0.15, -0.1) is 0 Å². The number of carbonyl (C=O) groups is 1. The van der Waals surface area contributed by atoms with Crippen molar-refractivity contribution in [1.82, 2.24) is 10.2 Å². The molecule has 0 aliphatic carbocycles. The fraction of sp³-hybridized carbons (Fsp3) is 0.611. The highest BCUT2D eigenvalue weighted by atomic mass is 16.5. The monoisotopic (exact) mass is 333 g/mol. The molecule has 24 heavy (non-hydrogen) atoms. The fourth-order valence-electron chi connectivity index (χ4n) is 3.10. The molecule has 3 N–H and O–H groups in total. The lowest BCUT2D eigenvalue weighted by Gasteiger charge is -2.31. The molecule has 0 aromatic heterocycles. The largest absolute Gasteiger partial charge is 0.381 e. The maximum Gasteiger partial charge on any atom is 0.240 e. The molecule has 1 amide bonds. The molecule has 0 radical (unpaired) electrons. The number of nitrogens with zero attached hydrogens (tertiary/aromatic N) is 1. The van der Waals surface area contributed by atoms with Crippen molar-refractivity contribution in [3.63, 3.8) is 0 Å². The maximum atomic E-state index is 12.3. The van der Waals surface area contributed by atoms with Crippen molar-refractivity contribution in [2.75, 3.05) is 39.5 Å². The van der Waals surface area contributed by atoms with Crippen LogP contribution in [0.2, 0.25) is 0 Å². The van der Waals surface area contributed by atoms with Gasteiger partial charge in [-0.05, 0) is 24.0 Å². The van der Waals surface area contributed by atoms with Gasteiger partial charge >= 0.3 is 0 Å². The molecule has 0 bridgehead atoms. The Hall–Kier alpha value is -1.47. The number of morpholine rings is 1. The summed E-state index contributed by atoms with van der Waals surface area (Å²) in [6, 6.07) is 8.40. The summed E-state index contributed by atoms with van der Waals surface area (Å²) in [6.45, 7) is 6.17. The molecule has 3 rings (SSSR count). The van der Waals surface area contributed by atoms with E-state index in [1.54, 1.807) is 0 Å². The molecule has 6 heteroatoms. The number of nitrogens with one attached hydrogen (secondary N) is 1. The molecule has 0 atom stereocenters. The summed E-state index contributed by atoms with van der Waals surface area (Å²) in [5.74, 6) is -0.0804. The average molecular weight is 333 g/mol. The lowest BCUT2D eigenvalue weighted by atomic mass is 9.90. The molecule has 0 saturated carbocycles. The number of carbonyl (C=O) groups excluding carboxylic acids is 1. The highest BCUT2D eigenvalue weighted by Gasteiger charge is 2.35. The zero-order valence-electron chi connectivity index (χ0n) is 14.1. The van der Waals surface area contributed by atoms with E-state index in [9.17, 15) is 4.79 Å². The lowest BCUT2D eigenvalue weighted by molar-refractivity contribution is -0.129. The molecule has 1 aromatic rings. The predicted molar refractivity (Wildman–Crippen MR) is 91.4 cm³/mol. The van der Waals surface area contributed by atoms with Gasteiger partial charge in [0.25, 0.3) is 0 Å². The first kappa shape index (κ1) is 17.4. The van der Waals surface area contributed by atoms with Crippen LogP contribution in [0.5, 0.6) is 0 Å². The van der Waals surface area contributed by atoms with Crippen molar-refractivity contribution in [3.05, 3.63) is 35.4 Å². The molecule has 2 saturated heterocycles. The predicted octanol–water partition coefficient (Wildman–Crippen LogP) is 0.643. The van der Waals surface area contributed by atoms with Crippen molar-refractivity contribution in [1.29, 1.82) is 0 Å². The quantitative estimate of drug-likeness (QED) is 0.827. The second-order valence-corrected chi connectivity index (χ2v) is 6.66. The number of nitrogens with two attached hydrogens (primary N) is 1. The minimum absolute atomic E-state index is 0.0804. The first-order valence-electron chi connectivity index (χ1n) is 8.69. The van der Waals surface area contributed by atoms with Gasteiger partial charge in [0.2, 0.25) is 5.91 Å². The van der Waals surface area contributed by atoms with Crippen LogP contribution in [0.3, 0.4) is 0 Å². The lowest BCUT2D eigenvalue weighted by Crippen LogP contribution is -2.56. The molecular weight excluding hydrogens is 306 g/mol. The first-order chi connectivity index (χ1) is 11.7. The highest BCUT2D eigenvalue weighted by molar-refractivity contribution is 5.86. The van der Waals surface area contributed by atoms with E-state index in [-0.39, 0.29) is 5.91 Å². The van der Waals surface area contributed by atoms with Gasteiger partial charge in [0.1, 0.15) is 0 Å². The van der Waals surface area contributed by atoms with Crippen LogP contribution in [0.25, 0.3) is 0 Å². The Bertz CT molecular complexity index is 535. The summed E-state index contributed by atoms with van der Waals surface area (Å²) >= 11 is 0. The van der Waals surface area contributed by atoms with Gasteiger partial charge in [0.05, 0.1) is 18.8 Å². The Kier molecular flexibility index (Phi) is 5.84. The summed E-state index contributed by atoms with van der Waals surface area (Å²) < 4.78 is 10.7. The summed E-state index contributed by atoms with van der Waals surface area (Å²) in [7, 11) is 0. The van der Waals surface area contributed by atoms with E-state index in [2.05, 4.69) is 34.5 Å². The van der Waals surface area contributed by atoms with Crippen LogP contribution in [-0.2, 0) is 27.4 Å². The Morgan fingerprint density at radius 2 is 1.62 bits per heavy atom. The first-order valence-corrected chi connectivity index (χ1v) is 8.69. The van der Waals surface area contributed by atoms with E-state index >= 15 is 0 Å². The minimum atomic E-state index is -0.783. The third kappa shape index (κ3) is 4.54. The van der Waals surface area contributed by atoms with Crippen LogP contribution < -0.4 is 11.1 Å². The normalized spacial score (nSPS) is 21.4. The summed E-state index contributed by atoms with van der Waals surface area (Å²) in [5.41, 5.74) is 7.78. The van der Waals surface area contributed by atoms with E-state index in [1.165, 1.54) is 5.56 Å². The van der Waals surface area contributed by atoms with E-state index in [0.29, 0.717) is 32.6 Å². The van der Waals surface area contributed by atoms with Crippen LogP contribution in [0.4, 0.5) is 0 Å². The molecule has 6 nitrogen and oxygen atoms in total. The zero-order chi connectivity index (χ0) is 16.8. The third-order valence-corrected chi connectivity index (χ3v) is 4.82. The van der Waals surface area contributed by atoms with Crippen molar-refractivity contribution in [2.45, 2.75) is 31.5 Å².